The highest BCUT2D eigenvalue weighted by Crippen LogP contribution is 2.19. The van der Waals surface area contributed by atoms with E-state index in [2.05, 4.69) is 10.4 Å². The van der Waals surface area contributed by atoms with Crippen molar-refractivity contribution in [2.24, 2.45) is 0 Å². The van der Waals surface area contributed by atoms with Crippen LogP contribution in [0.15, 0.2) is 71.8 Å². The number of carbonyl (C=O) groups is 2. The van der Waals surface area contributed by atoms with Crippen LogP contribution in [0.25, 0.3) is 5.69 Å². The molecule has 0 spiro atoms. The molecular weight excluding hydrogens is 430 g/mol. The summed E-state index contributed by atoms with van der Waals surface area (Å²) in [7, 11) is -3.69. The molecule has 2 heterocycles. The number of hydrogen-bond acceptors (Lipinski definition) is 5. The zero-order chi connectivity index (χ0) is 22.7. The SMILES string of the molecule is CC(=O)N1CCN(S(=O)(=O)c2ccc(C(=O)Nc3ccn(-c4ccccc4)n3)cc2)CC1. The standard InChI is InChI=1S/C22H23N5O4S/c1-17(28)25-13-15-26(16-14-25)32(30,31)20-9-7-18(8-10-20)22(29)23-21-11-12-27(24-21)19-5-3-2-4-6-19/h2-12H,13-16H2,1H3,(H,23,24,29). The summed E-state index contributed by atoms with van der Waals surface area (Å²) in [5.41, 5.74) is 1.19. The van der Waals surface area contributed by atoms with Gasteiger partial charge in [-0.15, -0.1) is 0 Å². The zero-order valence-corrected chi connectivity index (χ0v) is 18.3. The van der Waals surface area contributed by atoms with Crippen LogP contribution in [0.5, 0.6) is 0 Å². The molecule has 1 saturated heterocycles. The second kappa shape index (κ2) is 8.93. The maximum Gasteiger partial charge on any atom is 0.256 e. The minimum absolute atomic E-state index is 0.0639. The van der Waals surface area contributed by atoms with Crippen LogP contribution in [0.1, 0.15) is 17.3 Å². The van der Waals surface area contributed by atoms with Gasteiger partial charge in [0.25, 0.3) is 5.91 Å². The molecule has 2 amide bonds. The molecule has 4 rings (SSSR count). The minimum atomic E-state index is -3.69. The Labute approximate surface area is 186 Å². The summed E-state index contributed by atoms with van der Waals surface area (Å²) in [6, 6.07) is 17.0. The fourth-order valence-electron chi connectivity index (χ4n) is 3.47. The topological polar surface area (TPSA) is 105 Å². The number of benzene rings is 2. The largest absolute Gasteiger partial charge is 0.340 e. The third-order valence-corrected chi connectivity index (χ3v) is 7.20. The van der Waals surface area contributed by atoms with E-state index in [4.69, 9.17) is 0 Å². The van der Waals surface area contributed by atoms with E-state index in [0.717, 1.165) is 5.69 Å². The second-order valence-corrected chi connectivity index (χ2v) is 9.31. The Balaban J connectivity index is 1.42. The average molecular weight is 454 g/mol. The molecule has 32 heavy (non-hydrogen) atoms. The molecule has 0 saturated carbocycles. The summed E-state index contributed by atoms with van der Waals surface area (Å²) in [5.74, 6) is -0.0627. The van der Waals surface area contributed by atoms with Crippen LogP contribution in [0.2, 0.25) is 0 Å². The number of aromatic nitrogens is 2. The number of carbonyl (C=O) groups excluding carboxylic acids is 2. The van der Waals surface area contributed by atoms with E-state index in [-0.39, 0.29) is 29.8 Å². The van der Waals surface area contributed by atoms with Crippen molar-refractivity contribution < 1.29 is 18.0 Å². The Hall–Kier alpha value is -3.50. The lowest BCUT2D eigenvalue weighted by molar-refractivity contribution is -0.129. The van der Waals surface area contributed by atoms with Crippen molar-refractivity contribution >= 4 is 27.7 Å². The molecule has 1 aliphatic rings. The number of anilines is 1. The van der Waals surface area contributed by atoms with E-state index in [1.54, 1.807) is 21.8 Å². The summed E-state index contributed by atoms with van der Waals surface area (Å²) in [4.78, 5) is 25.7. The predicted molar refractivity (Wildman–Crippen MR) is 119 cm³/mol. The normalized spacial score (nSPS) is 14.8. The number of nitrogens with zero attached hydrogens (tertiary/aromatic N) is 4. The third kappa shape index (κ3) is 4.56. The van der Waals surface area contributed by atoms with Gasteiger partial charge in [-0.3, -0.25) is 9.59 Å². The molecule has 1 aromatic heterocycles. The summed E-state index contributed by atoms with van der Waals surface area (Å²) in [6.45, 7) is 2.69. The minimum Gasteiger partial charge on any atom is -0.340 e. The van der Waals surface area contributed by atoms with Crippen molar-refractivity contribution in [3.05, 3.63) is 72.4 Å². The van der Waals surface area contributed by atoms with Crippen LogP contribution in [-0.4, -0.2) is 65.4 Å². The van der Waals surface area contributed by atoms with Gasteiger partial charge in [0.05, 0.1) is 10.6 Å². The Morgan fingerprint density at radius 1 is 0.906 bits per heavy atom. The van der Waals surface area contributed by atoms with Gasteiger partial charge in [0.15, 0.2) is 5.82 Å². The number of para-hydroxylation sites is 1. The van der Waals surface area contributed by atoms with E-state index in [1.807, 2.05) is 30.3 Å². The highest BCUT2D eigenvalue weighted by atomic mass is 32.2. The summed E-state index contributed by atoms with van der Waals surface area (Å²) < 4.78 is 28.8. The molecule has 0 unspecified atom stereocenters. The van der Waals surface area contributed by atoms with E-state index < -0.39 is 10.0 Å². The van der Waals surface area contributed by atoms with Crippen LogP contribution < -0.4 is 5.32 Å². The van der Waals surface area contributed by atoms with Crippen LogP contribution >= 0.6 is 0 Å². The van der Waals surface area contributed by atoms with Gasteiger partial charge in [-0.25, -0.2) is 13.1 Å². The Morgan fingerprint density at radius 3 is 2.19 bits per heavy atom. The number of hydrogen-bond donors (Lipinski definition) is 1. The fraction of sp³-hybridized carbons (Fsp3) is 0.227. The second-order valence-electron chi connectivity index (χ2n) is 7.37. The van der Waals surface area contributed by atoms with Crippen LogP contribution in [0.3, 0.4) is 0 Å². The highest BCUT2D eigenvalue weighted by molar-refractivity contribution is 7.89. The molecule has 1 aliphatic heterocycles. The first-order valence-electron chi connectivity index (χ1n) is 10.1. The van der Waals surface area contributed by atoms with Crippen molar-refractivity contribution in [2.75, 3.05) is 31.5 Å². The van der Waals surface area contributed by atoms with E-state index in [0.29, 0.717) is 24.5 Å². The first-order chi connectivity index (χ1) is 15.3. The van der Waals surface area contributed by atoms with Crippen molar-refractivity contribution in [1.82, 2.24) is 19.0 Å². The molecule has 2 aromatic carbocycles. The van der Waals surface area contributed by atoms with Gasteiger partial charge in [0, 0.05) is 50.9 Å². The third-order valence-electron chi connectivity index (χ3n) is 5.29. The number of piperazine rings is 1. The van der Waals surface area contributed by atoms with Gasteiger partial charge in [0.1, 0.15) is 0 Å². The van der Waals surface area contributed by atoms with Crippen molar-refractivity contribution in [3.8, 4) is 5.69 Å². The molecule has 166 valence electrons. The summed E-state index contributed by atoms with van der Waals surface area (Å²) in [6.07, 6.45) is 1.74. The highest BCUT2D eigenvalue weighted by Gasteiger charge is 2.29. The molecule has 9 nitrogen and oxygen atoms in total. The first-order valence-corrected chi connectivity index (χ1v) is 11.6. The van der Waals surface area contributed by atoms with Crippen LogP contribution in [0, 0.1) is 0 Å². The van der Waals surface area contributed by atoms with Gasteiger partial charge in [-0.2, -0.15) is 9.40 Å². The molecule has 0 atom stereocenters. The van der Waals surface area contributed by atoms with E-state index >= 15 is 0 Å². The quantitative estimate of drug-likeness (QED) is 0.636. The molecular formula is C22H23N5O4S. The number of amides is 2. The first kappa shape index (κ1) is 21.7. The predicted octanol–water partition coefficient (Wildman–Crippen LogP) is 1.98. The molecule has 0 aliphatic carbocycles. The van der Waals surface area contributed by atoms with Crippen molar-refractivity contribution in [2.45, 2.75) is 11.8 Å². The summed E-state index contributed by atoms with van der Waals surface area (Å²) in [5, 5.41) is 7.05. The van der Waals surface area contributed by atoms with Gasteiger partial charge in [-0.05, 0) is 36.4 Å². The zero-order valence-electron chi connectivity index (χ0n) is 17.5. The Bertz CT molecular complexity index is 1210. The lowest BCUT2D eigenvalue weighted by atomic mass is 10.2. The van der Waals surface area contributed by atoms with Gasteiger partial charge < -0.3 is 10.2 Å². The van der Waals surface area contributed by atoms with Crippen LogP contribution in [0.4, 0.5) is 5.82 Å². The molecule has 1 fully saturated rings. The molecule has 10 heteroatoms. The van der Waals surface area contributed by atoms with E-state index in [1.165, 1.54) is 35.5 Å². The smallest absolute Gasteiger partial charge is 0.256 e. The fourth-order valence-corrected chi connectivity index (χ4v) is 4.90. The molecule has 3 aromatic rings. The number of sulfonamides is 1. The molecule has 0 bridgehead atoms. The average Bonchev–Trinajstić information content (AvgIpc) is 3.28. The molecule has 1 N–H and O–H groups in total. The maximum absolute atomic E-state index is 12.9. The van der Waals surface area contributed by atoms with Crippen molar-refractivity contribution in [1.29, 1.82) is 0 Å². The number of rotatable bonds is 5. The Morgan fingerprint density at radius 2 is 1.56 bits per heavy atom. The maximum atomic E-state index is 12.9. The van der Waals surface area contributed by atoms with E-state index in [9.17, 15) is 18.0 Å². The monoisotopic (exact) mass is 453 g/mol. The summed E-state index contributed by atoms with van der Waals surface area (Å²) >= 11 is 0. The van der Waals surface area contributed by atoms with Crippen LogP contribution in [-0.2, 0) is 14.8 Å². The van der Waals surface area contributed by atoms with Crippen molar-refractivity contribution in [3.63, 3.8) is 0 Å². The Kier molecular flexibility index (Phi) is 6.06. The molecule has 0 radical (unpaired) electrons. The number of nitrogens with one attached hydrogen (secondary N) is 1. The lowest BCUT2D eigenvalue weighted by Crippen LogP contribution is -2.49. The lowest BCUT2D eigenvalue weighted by Gasteiger charge is -2.33. The van der Waals surface area contributed by atoms with Gasteiger partial charge in [0.2, 0.25) is 15.9 Å². The van der Waals surface area contributed by atoms with Gasteiger partial charge in [-0.1, -0.05) is 18.2 Å². The van der Waals surface area contributed by atoms with Gasteiger partial charge >= 0.3 is 0 Å².